The lowest BCUT2D eigenvalue weighted by atomic mass is 9.87. The Bertz CT molecular complexity index is 174. The first kappa shape index (κ1) is 11.8. The highest BCUT2D eigenvalue weighted by molar-refractivity contribution is 7.80. The first-order valence-corrected chi connectivity index (χ1v) is 6.17. The van der Waals surface area contributed by atoms with Gasteiger partial charge >= 0.3 is 0 Å². The van der Waals surface area contributed by atoms with E-state index in [4.69, 9.17) is 12.2 Å². The normalized spacial score (nSPS) is 27.0. The second-order valence-electron chi connectivity index (χ2n) is 4.36. The standard InChI is InChI=1S/C11H22N2S/c1-3-8-12-11(14)13-10-6-4-9(2)5-7-10/h9-10H,3-8H2,1-2H3,(H2,12,13,14). The Kier molecular flexibility index (Phi) is 5.23. The van der Waals surface area contributed by atoms with Crippen molar-refractivity contribution >= 4 is 17.3 Å². The van der Waals surface area contributed by atoms with Gasteiger partial charge in [0.05, 0.1) is 0 Å². The highest BCUT2D eigenvalue weighted by atomic mass is 32.1. The second kappa shape index (κ2) is 6.23. The molecular weight excluding hydrogens is 192 g/mol. The third-order valence-corrected chi connectivity index (χ3v) is 3.15. The summed E-state index contributed by atoms with van der Waals surface area (Å²) >= 11 is 5.21. The molecule has 0 unspecified atom stereocenters. The van der Waals surface area contributed by atoms with Crippen LogP contribution in [0.2, 0.25) is 0 Å². The van der Waals surface area contributed by atoms with E-state index in [1.54, 1.807) is 0 Å². The monoisotopic (exact) mass is 214 g/mol. The SMILES string of the molecule is CCCNC(=S)NC1CCC(C)CC1. The highest BCUT2D eigenvalue weighted by Gasteiger charge is 2.18. The van der Waals surface area contributed by atoms with Gasteiger partial charge in [-0.1, -0.05) is 13.8 Å². The topological polar surface area (TPSA) is 24.1 Å². The molecule has 0 spiro atoms. The Hall–Kier alpha value is -0.310. The lowest BCUT2D eigenvalue weighted by Gasteiger charge is -2.27. The van der Waals surface area contributed by atoms with Crippen LogP contribution >= 0.6 is 12.2 Å². The van der Waals surface area contributed by atoms with Crippen molar-refractivity contribution in [2.75, 3.05) is 6.54 Å². The van der Waals surface area contributed by atoms with Crippen LogP contribution in [0.5, 0.6) is 0 Å². The zero-order valence-corrected chi connectivity index (χ0v) is 10.1. The Morgan fingerprint density at radius 1 is 1.29 bits per heavy atom. The number of hydrogen-bond acceptors (Lipinski definition) is 1. The zero-order chi connectivity index (χ0) is 10.4. The van der Waals surface area contributed by atoms with E-state index < -0.39 is 0 Å². The summed E-state index contributed by atoms with van der Waals surface area (Å²) in [4.78, 5) is 0. The molecule has 1 aliphatic rings. The molecule has 0 atom stereocenters. The van der Waals surface area contributed by atoms with Gasteiger partial charge in [-0.05, 0) is 50.2 Å². The average Bonchev–Trinajstić information content (AvgIpc) is 2.18. The van der Waals surface area contributed by atoms with Crippen molar-refractivity contribution in [1.82, 2.24) is 10.6 Å². The third-order valence-electron chi connectivity index (χ3n) is 2.89. The van der Waals surface area contributed by atoms with E-state index >= 15 is 0 Å². The molecular formula is C11H22N2S. The van der Waals surface area contributed by atoms with E-state index in [-0.39, 0.29) is 0 Å². The van der Waals surface area contributed by atoms with Crippen molar-refractivity contribution in [3.63, 3.8) is 0 Å². The quantitative estimate of drug-likeness (QED) is 0.706. The van der Waals surface area contributed by atoms with E-state index in [0.29, 0.717) is 6.04 Å². The predicted molar refractivity (Wildman–Crippen MR) is 65.4 cm³/mol. The highest BCUT2D eigenvalue weighted by Crippen LogP contribution is 2.23. The summed E-state index contributed by atoms with van der Waals surface area (Å²) in [6.07, 6.45) is 6.36. The van der Waals surface area contributed by atoms with Gasteiger partial charge in [0, 0.05) is 12.6 Å². The molecule has 0 heterocycles. The molecule has 1 saturated carbocycles. The fourth-order valence-corrected chi connectivity index (χ4v) is 2.15. The van der Waals surface area contributed by atoms with Crippen LogP contribution in [-0.4, -0.2) is 17.7 Å². The smallest absolute Gasteiger partial charge is 0.166 e. The van der Waals surface area contributed by atoms with Crippen LogP contribution in [-0.2, 0) is 0 Å². The van der Waals surface area contributed by atoms with Gasteiger partial charge in [-0.15, -0.1) is 0 Å². The van der Waals surface area contributed by atoms with Crippen molar-refractivity contribution in [3.8, 4) is 0 Å². The molecule has 1 aliphatic carbocycles. The lowest BCUT2D eigenvalue weighted by molar-refractivity contribution is 0.330. The Morgan fingerprint density at radius 3 is 2.50 bits per heavy atom. The number of nitrogens with one attached hydrogen (secondary N) is 2. The predicted octanol–water partition coefficient (Wildman–Crippen LogP) is 2.44. The largest absolute Gasteiger partial charge is 0.363 e. The van der Waals surface area contributed by atoms with Crippen LogP contribution in [0.15, 0.2) is 0 Å². The molecule has 0 saturated heterocycles. The molecule has 0 amide bonds. The minimum Gasteiger partial charge on any atom is -0.363 e. The van der Waals surface area contributed by atoms with E-state index in [1.807, 2.05) is 0 Å². The van der Waals surface area contributed by atoms with Gasteiger partial charge in [0.1, 0.15) is 0 Å². The molecule has 1 rings (SSSR count). The summed E-state index contributed by atoms with van der Waals surface area (Å²) in [6.45, 7) is 5.47. The average molecular weight is 214 g/mol. The van der Waals surface area contributed by atoms with Crippen molar-refractivity contribution < 1.29 is 0 Å². The minimum absolute atomic E-state index is 0.614. The Morgan fingerprint density at radius 2 is 1.93 bits per heavy atom. The molecule has 0 aromatic heterocycles. The Labute approximate surface area is 92.8 Å². The van der Waals surface area contributed by atoms with Gasteiger partial charge in [-0.3, -0.25) is 0 Å². The van der Waals surface area contributed by atoms with Crippen LogP contribution in [0.3, 0.4) is 0 Å². The zero-order valence-electron chi connectivity index (χ0n) is 9.31. The van der Waals surface area contributed by atoms with Crippen LogP contribution in [0, 0.1) is 5.92 Å². The molecule has 0 aromatic rings. The first-order chi connectivity index (χ1) is 6.72. The summed E-state index contributed by atoms with van der Waals surface area (Å²) in [5.74, 6) is 0.908. The molecule has 14 heavy (non-hydrogen) atoms. The summed E-state index contributed by atoms with van der Waals surface area (Å²) in [6, 6.07) is 0.614. The first-order valence-electron chi connectivity index (χ1n) is 5.76. The Balaban J connectivity index is 2.14. The van der Waals surface area contributed by atoms with Gasteiger partial charge in [0.25, 0.3) is 0 Å². The number of rotatable bonds is 3. The molecule has 1 fully saturated rings. The fraction of sp³-hybridized carbons (Fsp3) is 0.909. The van der Waals surface area contributed by atoms with Gasteiger partial charge < -0.3 is 10.6 Å². The summed E-state index contributed by atoms with van der Waals surface area (Å²) in [5.41, 5.74) is 0. The summed E-state index contributed by atoms with van der Waals surface area (Å²) < 4.78 is 0. The van der Waals surface area contributed by atoms with Crippen LogP contribution < -0.4 is 10.6 Å². The molecule has 82 valence electrons. The molecule has 2 N–H and O–H groups in total. The third kappa shape index (κ3) is 4.27. The maximum Gasteiger partial charge on any atom is 0.166 e. The maximum atomic E-state index is 5.21. The van der Waals surface area contributed by atoms with Gasteiger partial charge in [0.2, 0.25) is 0 Å². The fourth-order valence-electron chi connectivity index (χ4n) is 1.88. The number of thiocarbonyl (C=S) groups is 1. The van der Waals surface area contributed by atoms with Gasteiger partial charge in [-0.25, -0.2) is 0 Å². The van der Waals surface area contributed by atoms with E-state index in [0.717, 1.165) is 24.0 Å². The molecule has 2 nitrogen and oxygen atoms in total. The van der Waals surface area contributed by atoms with Crippen molar-refractivity contribution in [2.45, 2.75) is 52.0 Å². The van der Waals surface area contributed by atoms with Crippen molar-refractivity contribution in [2.24, 2.45) is 5.92 Å². The molecule has 0 bridgehead atoms. The van der Waals surface area contributed by atoms with Crippen LogP contribution in [0.1, 0.15) is 46.0 Å². The van der Waals surface area contributed by atoms with Crippen molar-refractivity contribution in [3.05, 3.63) is 0 Å². The van der Waals surface area contributed by atoms with E-state index in [1.165, 1.54) is 25.7 Å². The molecule has 3 heteroatoms. The number of hydrogen-bond donors (Lipinski definition) is 2. The summed E-state index contributed by atoms with van der Waals surface area (Å²) in [5, 5.41) is 7.44. The molecule has 0 aromatic carbocycles. The van der Waals surface area contributed by atoms with Gasteiger partial charge in [0.15, 0.2) is 5.11 Å². The minimum atomic E-state index is 0.614. The van der Waals surface area contributed by atoms with E-state index in [2.05, 4.69) is 24.5 Å². The summed E-state index contributed by atoms with van der Waals surface area (Å²) in [7, 11) is 0. The van der Waals surface area contributed by atoms with Gasteiger partial charge in [-0.2, -0.15) is 0 Å². The molecule has 0 radical (unpaired) electrons. The lowest BCUT2D eigenvalue weighted by Crippen LogP contribution is -2.43. The second-order valence-corrected chi connectivity index (χ2v) is 4.77. The van der Waals surface area contributed by atoms with Crippen molar-refractivity contribution in [1.29, 1.82) is 0 Å². The van der Waals surface area contributed by atoms with Crippen LogP contribution in [0.4, 0.5) is 0 Å². The van der Waals surface area contributed by atoms with Crippen LogP contribution in [0.25, 0.3) is 0 Å². The van der Waals surface area contributed by atoms with E-state index in [9.17, 15) is 0 Å². The molecule has 0 aliphatic heterocycles. The maximum absolute atomic E-state index is 5.21.